The number of hydrogen-bond donors (Lipinski definition) is 1. The maximum Gasteiger partial charge on any atom is 0.335 e. The zero-order chi connectivity index (χ0) is 15.1. The van der Waals surface area contributed by atoms with Crippen LogP contribution in [-0.4, -0.2) is 28.1 Å². The molecule has 0 fully saturated rings. The molecule has 0 bridgehead atoms. The van der Waals surface area contributed by atoms with Gasteiger partial charge in [-0.25, -0.2) is 4.79 Å². The topological polar surface area (TPSA) is 62.5 Å². The molecule has 108 valence electrons. The van der Waals surface area contributed by atoms with Crippen LogP contribution in [-0.2, 0) is 13.5 Å². The van der Waals surface area contributed by atoms with Crippen LogP contribution in [0.25, 0.3) is 0 Å². The number of carboxylic acids is 1. The molecule has 1 aliphatic heterocycles. The summed E-state index contributed by atoms with van der Waals surface area (Å²) in [7, 11) is 1.81. The molecular formula is C15H13BrN2O3. The molecule has 0 aliphatic carbocycles. The molecule has 6 heteroatoms. The second-order valence-electron chi connectivity index (χ2n) is 5.01. The third-order valence-electron chi connectivity index (χ3n) is 3.66. The lowest BCUT2D eigenvalue weighted by molar-refractivity contribution is 0.0696. The first-order valence-electron chi connectivity index (χ1n) is 6.47. The number of rotatable bonds is 2. The number of benzene rings is 1. The van der Waals surface area contributed by atoms with Gasteiger partial charge in [0.1, 0.15) is 5.69 Å². The van der Waals surface area contributed by atoms with Gasteiger partial charge in [0.25, 0.3) is 5.91 Å². The summed E-state index contributed by atoms with van der Waals surface area (Å²) < 4.78 is 2.60. The summed E-state index contributed by atoms with van der Waals surface area (Å²) in [4.78, 5) is 25.4. The number of carbonyl (C=O) groups is 2. The van der Waals surface area contributed by atoms with Crippen molar-refractivity contribution in [1.29, 1.82) is 0 Å². The smallest absolute Gasteiger partial charge is 0.335 e. The van der Waals surface area contributed by atoms with Crippen LogP contribution in [0.4, 0.5) is 5.69 Å². The van der Waals surface area contributed by atoms with Crippen LogP contribution < -0.4 is 4.90 Å². The molecule has 0 spiro atoms. The lowest BCUT2D eigenvalue weighted by Crippen LogP contribution is -2.30. The van der Waals surface area contributed by atoms with E-state index in [0.29, 0.717) is 17.9 Å². The SMILES string of the molecule is Cn1cc(Br)cc1C(=O)N1CCc2ccc(C(=O)O)cc21. The highest BCUT2D eigenvalue weighted by Gasteiger charge is 2.28. The summed E-state index contributed by atoms with van der Waals surface area (Å²) >= 11 is 3.35. The zero-order valence-electron chi connectivity index (χ0n) is 11.3. The van der Waals surface area contributed by atoms with Gasteiger partial charge in [0.15, 0.2) is 0 Å². The molecule has 3 rings (SSSR count). The van der Waals surface area contributed by atoms with Gasteiger partial charge in [-0.3, -0.25) is 4.79 Å². The Morgan fingerprint density at radius 2 is 2.05 bits per heavy atom. The number of hydrogen-bond acceptors (Lipinski definition) is 2. The van der Waals surface area contributed by atoms with E-state index in [0.717, 1.165) is 16.5 Å². The lowest BCUT2D eigenvalue weighted by Gasteiger charge is -2.18. The second kappa shape index (κ2) is 5.04. The van der Waals surface area contributed by atoms with Crippen LogP contribution in [0.15, 0.2) is 34.9 Å². The number of carboxylic acid groups (broad SMARTS) is 1. The molecule has 2 aromatic rings. The van der Waals surface area contributed by atoms with Crippen LogP contribution in [0.1, 0.15) is 26.4 Å². The monoisotopic (exact) mass is 348 g/mol. The molecule has 21 heavy (non-hydrogen) atoms. The van der Waals surface area contributed by atoms with Crippen molar-refractivity contribution in [2.75, 3.05) is 11.4 Å². The number of aryl methyl sites for hydroxylation is 1. The van der Waals surface area contributed by atoms with Crippen molar-refractivity contribution in [2.24, 2.45) is 7.05 Å². The molecule has 0 unspecified atom stereocenters. The molecule has 0 saturated heterocycles. The normalized spacial score (nSPS) is 13.3. The molecular weight excluding hydrogens is 336 g/mol. The van der Waals surface area contributed by atoms with Crippen LogP contribution in [0.3, 0.4) is 0 Å². The maximum atomic E-state index is 12.7. The van der Waals surface area contributed by atoms with Crippen LogP contribution >= 0.6 is 15.9 Å². The third-order valence-corrected chi connectivity index (χ3v) is 4.10. The van der Waals surface area contributed by atoms with Gasteiger partial charge in [-0.2, -0.15) is 0 Å². The van der Waals surface area contributed by atoms with Gasteiger partial charge in [0.05, 0.1) is 5.56 Å². The van der Waals surface area contributed by atoms with Crippen LogP contribution in [0.2, 0.25) is 0 Å². The first kappa shape index (κ1) is 13.9. The van der Waals surface area contributed by atoms with Crippen molar-refractivity contribution in [3.05, 3.63) is 51.8 Å². The van der Waals surface area contributed by atoms with Crippen molar-refractivity contribution in [2.45, 2.75) is 6.42 Å². The highest BCUT2D eigenvalue weighted by atomic mass is 79.9. The molecule has 1 aromatic carbocycles. The molecule has 0 atom stereocenters. The molecule has 0 saturated carbocycles. The Labute approximate surface area is 129 Å². The van der Waals surface area contributed by atoms with E-state index < -0.39 is 5.97 Å². The minimum atomic E-state index is -0.987. The number of aromatic carboxylic acids is 1. The van der Waals surface area contributed by atoms with E-state index >= 15 is 0 Å². The van der Waals surface area contributed by atoms with E-state index in [2.05, 4.69) is 15.9 Å². The second-order valence-corrected chi connectivity index (χ2v) is 5.93. The Balaban J connectivity index is 2.00. The van der Waals surface area contributed by atoms with Crippen molar-refractivity contribution in [3.8, 4) is 0 Å². The molecule has 5 nitrogen and oxygen atoms in total. The van der Waals surface area contributed by atoms with Crippen molar-refractivity contribution in [1.82, 2.24) is 4.57 Å². The van der Waals surface area contributed by atoms with Gasteiger partial charge >= 0.3 is 5.97 Å². The van der Waals surface area contributed by atoms with Crippen molar-refractivity contribution >= 4 is 33.5 Å². The zero-order valence-corrected chi connectivity index (χ0v) is 12.9. The summed E-state index contributed by atoms with van der Waals surface area (Å²) in [5.41, 5.74) is 2.45. The van der Waals surface area contributed by atoms with E-state index in [9.17, 15) is 9.59 Å². The highest BCUT2D eigenvalue weighted by Crippen LogP contribution is 2.31. The maximum absolute atomic E-state index is 12.7. The average Bonchev–Trinajstić information content (AvgIpc) is 3.00. The summed E-state index contributed by atoms with van der Waals surface area (Å²) in [5, 5.41) is 9.09. The largest absolute Gasteiger partial charge is 0.478 e. The number of carbonyl (C=O) groups excluding carboxylic acids is 1. The van der Waals surface area contributed by atoms with Crippen molar-refractivity contribution in [3.63, 3.8) is 0 Å². The number of anilines is 1. The fraction of sp³-hybridized carbons (Fsp3) is 0.200. The average molecular weight is 349 g/mol. The Morgan fingerprint density at radius 1 is 1.29 bits per heavy atom. The number of fused-ring (bicyclic) bond motifs is 1. The van der Waals surface area contributed by atoms with Crippen LogP contribution in [0.5, 0.6) is 0 Å². The van der Waals surface area contributed by atoms with E-state index in [-0.39, 0.29) is 11.5 Å². The summed E-state index contributed by atoms with van der Waals surface area (Å²) in [5.74, 6) is -1.11. The van der Waals surface area contributed by atoms with E-state index in [1.165, 1.54) is 0 Å². The predicted molar refractivity (Wildman–Crippen MR) is 81.9 cm³/mol. The third kappa shape index (κ3) is 2.35. The summed E-state index contributed by atoms with van der Waals surface area (Å²) in [6.07, 6.45) is 2.56. The summed E-state index contributed by atoms with van der Waals surface area (Å²) in [6.45, 7) is 0.569. The standard InChI is InChI=1S/C15H13BrN2O3/c1-17-8-11(16)7-13(17)14(19)18-5-4-9-2-3-10(15(20)21)6-12(9)18/h2-3,6-8H,4-5H2,1H3,(H,20,21). The van der Waals surface area contributed by atoms with Gasteiger partial charge in [0.2, 0.25) is 0 Å². The molecule has 2 heterocycles. The van der Waals surface area contributed by atoms with E-state index in [1.54, 1.807) is 33.7 Å². The minimum absolute atomic E-state index is 0.121. The number of amides is 1. The lowest BCUT2D eigenvalue weighted by atomic mass is 10.1. The van der Waals surface area contributed by atoms with E-state index in [1.807, 2.05) is 13.2 Å². The molecule has 0 radical (unpaired) electrons. The number of aromatic nitrogens is 1. The van der Waals surface area contributed by atoms with Crippen LogP contribution in [0, 0.1) is 0 Å². The Hall–Kier alpha value is -2.08. The van der Waals surface area contributed by atoms with Gasteiger partial charge in [0, 0.05) is 29.9 Å². The minimum Gasteiger partial charge on any atom is -0.478 e. The fourth-order valence-corrected chi connectivity index (χ4v) is 3.12. The number of nitrogens with zero attached hydrogens (tertiary/aromatic N) is 2. The van der Waals surface area contributed by atoms with Gasteiger partial charge < -0.3 is 14.6 Å². The predicted octanol–water partition coefficient (Wildman–Crippen LogP) is 2.69. The first-order chi connectivity index (χ1) is 9.97. The highest BCUT2D eigenvalue weighted by molar-refractivity contribution is 9.10. The van der Waals surface area contributed by atoms with Gasteiger partial charge in [-0.15, -0.1) is 0 Å². The van der Waals surface area contributed by atoms with E-state index in [4.69, 9.17) is 5.11 Å². The Bertz CT molecular complexity index is 751. The molecule has 1 amide bonds. The fourth-order valence-electron chi connectivity index (χ4n) is 2.60. The Kier molecular flexibility index (Phi) is 3.33. The summed E-state index contributed by atoms with van der Waals surface area (Å²) in [6, 6.07) is 6.70. The quantitative estimate of drug-likeness (QED) is 0.907. The first-order valence-corrected chi connectivity index (χ1v) is 7.26. The van der Waals surface area contributed by atoms with Gasteiger partial charge in [-0.1, -0.05) is 6.07 Å². The molecule has 1 aliphatic rings. The van der Waals surface area contributed by atoms with Crippen molar-refractivity contribution < 1.29 is 14.7 Å². The molecule has 1 aromatic heterocycles. The number of halogens is 1. The Morgan fingerprint density at radius 3 is 2.67 bits per heavy atom. The molecule has 1 N–H and O–H groups in total. The van der Waals surface area contributed by atoms with Gasteiger partial charge in [-0.05, 0) is 46.1 Å².